The van der Waals surface area contributed by atoms with Crippen LogP contribution in [0.1, 0.15) is 35.4 Å². The summed E-state index contributed by atoms with van der Waals surface area (Å²) in [6, 6.07) is 18.5. The number of carbonyl (C=O) groups is 1. The Kier molecular flexibility index (Phi) is 7.38. The standard InChI is InChI=1S/C24H28N4O2S/c1-31-21-9-7-20(8-10-21)24-26-22(27-30-24)23(29)25-14-11-18-12-15-28(16-13-18)17-19-5-3-2-4-6-19/h2-10,18H,11-17H2,1H3,(H,25,29). The highest BCUT2D eigenvalue weighted by atomic mass is 32.2. The molecule has 0 atom stereocenters. The van der Waals surface area contributed by atoms with Crippen LogP contribution in [-0.2, 0) is 6.54 Å². The Morgan fingerprint density at radius 1 is 1.13 bits per heavy atom. The first kappa shape index (κ1) is 21.6. The molecule has 1 N–H and O–H groups in total. The fourth-order valence-corrected chi connectivity index (χ4v) is 4.32. The number of hydrogen-bond donors (Lipinski definition) is 1. The van der Waals surface area contributed by atoms with Gasteiger partial charge in [-0.05, 0) is 74.4 Å². The van der Waals surface area contributed by atoms with Gasteiger partial charge in [0.15, 0.2) is 0 Å². The monoisotopic (exact) mass is 436 g/mol. The molecule has 0 spiro atoms. The van der Waals surface area contributed by atoms with E-state index in [1.807, 2.05) is 30.5 Å². The number of hydrogen-bond acceptors (Lipinski definition) is 6. The molecule has 0 unspecified atom stereocenters. The Morgan fingerprint density at radius 3 is 2.58 bits per heavy atom. The van der Waals surface area contributed by atoms with Crippen molar-refractivity contribution in [2.75, 3.05) is 25.9 Å². The van der Waals surface area contributed by atoms with E-state index in [0.717, 1.165) is 36.5 Å². The molecule has 3 aromatic rings. The van der Waals surface area contributed by atoms with Crippen LogP contribution in [0.25, 0.3) is 11.5 Å². The molecule has 31 heavy (non-hydrogen) atoms. The van der Waals surface area contributed by atoms with Gasteiger partial charge in [0.25, 0.3) is 17.6 Å². The lowest BCUT2D eigenvalue weighted by molar-refractivity contribution is 0.0934. The summed E-state index contributed by atoms with van der Waals surface area (Å²) in [6.07, 6.45) is 5.34. The van der Waals surface area contributed by atoms with Gasteiger partial charge in [0.1, 0.15) is 0 Å². The van der Waals surface area contributed by atoms with E-state index in [-0.39, 0.29) is 11.7 Å². The van der Waals surface area contributed by atoms with Crippen molar-refractivity contribution in [1.82, 2.24) is 20.4 Å². The van der Waals surface area contributed by atoms with Crippen LogP contribution < -0.4 is 5.32 Å². The molecule has 0 radical (unpaired) electrons. The Labute approximate surface area is 187 Å². The fourth-order valence-electron chi connectivity index (χ4n) is 3.91. The fraction of sp³-hybridized carbons (Fsp3) is 0.375. The normalized spacial score (nSPS) is 15.1. The number of rotatable bonds is 8. The summed E-state index contributed by atoms with van der Waals surface area (Å²) >= 11 is 1.67. The topological polar surface area (TPSA) is 71.3 Å². The van der Waals surface area contributed by atoms with Crippen LogP contribution >= 0.6 is 11.8 Å². The third-order valence-electron chi connectivity index (χ3n) is 5.76. The number of nitrogens with zero attached hydrogens (tertiary/aromatic N) is 3. The van der Waals surface area contributed by atoms with Gasteiger partial charge in [0, 0.05) is 23.5 Å². The Balaban J connectivity index is 1.19. The van der Waals surface area contributed by atoms with Crippen molar-refractivity contribution in [2.45, 2.75) is 30.7 Å². The second-order valence-electron chi connectivity index (χ2n) is 7.90. The van der Waals surface area contributed by atoms with E-state index in [1.54, 1.807) is 11.8 Å². The number of aromatic nitrogens is 2. The summed E-state index contributed by atoms with van der Waals surface area (Å²) in [5, 5.41) is 6.78. The highest BCUT2D eigenvalue weighted by molar-refractivity contribution is 7.98. The molecule has 0 aliphatic carbocycles. The van der Waals surface area contributed by atoms with Crippen molar-refractivity contribution in [2.24, 2.45) is 5.92 Å². The highest BCUT2D eigenvalue weighted by Crippen LogP contribution is 2.23. The molecular weight excluding hydrogens is 408 g/mol. The van der Waals surface area contributed by atoms with Crippen LogP contribution in [0, 0.1) is 5.92 Å². The molecule has 7 heteroatoms. The van der Waals surface area contributed by atoms with Crippen molar-refractivity contribution in [3.8, 4) is 11.5 Å². The SMILES string of the molecule is CSc1ccc(-c2nc(C(=O)NCCC3CCN(Cc4ccccc4)CC3)no2)cc1. The highest BCUT2D eigenvalue weighted by Gasteiger charge is 2.20. The lowest BCUT2D eigenvalue weighted by Gasteiger charge is -2.32. The first-order valence-corrected chi connectivity index (χ1v) is 12.0. The van der Waals surface area contributed by atoms with E-state index >= 15 is 0 Å². The van der Waals surface area contributed by atoms with Crippen molar-refractivity contribution in [3.05, 3.63) is 66.0 Å². The number of piperidine rings is 1. The number of amides is 1. The molecule has 162 valence electrons. The molecule has 2 aromatic carbocycles. The van der Waals surface area contributed by atoms with Gasteiger partial charge in [-0.25, -0.2) is 0 Å². The van der Waals surface area contributed by atoms with Gasteiger partial charge in [0.2, 0.25) is 0 Å². The third kappa shape index (κ3) is 5.95. The summed E-state index contributed by atoms with van der Waals surface area (Å²) < 4.78 is 5.27. The largest absolute Gasteiger partial charge is 0.349 e. The van der Waals surface area contributed by atoms with Crippen LogP contribution in [0.2, 0.25) is 0 Å². The maximum Gasteiger partial charge on any atom is 0.292 e. The minimum atomic E-state index is -0.280. The lowest BCUT2D eigenvalue weighted by atomic mass is 9.93. The summed E-state index contributed by atoms with van der Waals surface area (Å²) in [4.78, 5) is 20.3. The second-order valence-corrected chi connectivity index (χ2v) is 8.78. The molecule has 6 nitrogen and oxygen atoms in total. The summed E-state index contributed by atoms with van der Waals surface area (Å²) in [7, 11) is 0. The molecule has 1 aliphatic rings. The average molecular weight is 437 g/mol. The van der Waals surface area contributed by atoms with E-state index in [1.165, 1.54) is 18.4 Å². The van der Waals surface area contributed by atoms with Crippen LogP contribution in [0.3, 0.4) is 0 Å². The Hall–Kier alpha value is -2.64. The molecule has 1 fully saturated rings. The van der Waals surface area contributed by atoms with Crippen molar-refractivity contribution in [3.63, 3.8) is 0 Å². The molecule has 4 rings (SSSR count). The predicted octanol–water partition coefficient (Wildman–Crippen LogP) is 4.49. The first-order chi connectivity index (χ1) is 15.2. The number of nitrogens with one attached hydrogen (secondary N) is 1. The van der Waals surface area contributed by atoms with E-state index < -0.39 is 0 Å². The van der Waals surface area contributed by atoms with Gasteiger partial charge < -0.3 is 9.84 Å². The average Bonchev–Trinajstić information content (AvgIpc) is 3.31. The van der Waals surface area contributed by atoms with Crippen molar-refractivity contribution >= 4 is 17.7 Å². The number of carbonyl (C=O) groups excluding carboxylic acids is 1. The van der Waals surface area contributed by atoms with E-state index in [2.05, 4.69) is 50.7 Å². The molecule has 1 saturated heterocycles. The van der Waals surface area contributed by atoms with Crippen molar-refractivity contribution in [1.29, 1.82) is 0 Å². The first-order valence-electron chi connectivity index (χ1n) is 10.7. The zero-order chi connectivity index (χ0) is 21.5. The van der Waals surface area contributed by atoms with Crippen LogP contribution in [-0.4, -0.2) is 46.8 Å². The third-order valence-corrected chi connectivity index (χ3v) is 6.50. The molecule has 0 saturated carbocycles. The maximum atomic E-state index is 12.4. The number of benzene rings is 2. The Bertz CT molecular complexity index is 967. The minimum absolute atomic E-state index is 0.0848. The molecule has 1 aromatic heterocycles. The van der Waals surface area contributed by atoms with Gasteiger partial charge in [-0.3, -0.25) is 9.69 Å². The summed E-state index contributed by atoms with van der Waals surface area (Å²) in [5.41, 5.74) is 2.18. The van der Waals surface area contributed by atoms with E-state index in [0.29, 0.717) is 18.4 Å². The maximum absolute atomic E-state index is 12.4. The van der Waals surface area contributed by atoms with E-state index in [9.17, 15) is 4.79 Å². The number of thioether (sulfide) groups is 1. The zero-order valence-corrected chi connectivity index (χ0v) is 18.6. The van der Waals surface area contributed by atoms with Gasteiger partial charge in [-0.15, -0.1) is 11.8 Å². The summed E-state index contributed by atoms with van der Waals surface area (Å²) in [5.74, 6) is 0.811. The van der Waals surface area contributed by atoms with Crippen molar-refractivity contribution < 1.29 is 9.32 Å². The minimum Gasteiger partial charge on any atom is -0.349 e. The lowest BCUT2D eigenvalue weighted by Crippen LogP contribution is -2.35. The molecule has 1 aliphatic heterocycles. The van der Waals surface area contributed by atoms with Crippen LogP contribution in [0.5, 0.6) is 0 Å². The molecule has 1 amide bonds. The quantitative estimate of drug-likeness (QED) is 0.525. The number of likely N-dealkylation sites (tertiary alicyclic amines) is 1. The van der Waals surface area contributed by atoms with Gasteiger partial charge in [0.05, 0.1) is 0 Å². The second kappa shape index (κ2) is 10.6. The Morgan fingerprint density at radius 2 is 1.87 bits per heavy atom. The van der Waals surface area contributed by atoms with E-state index in [4.69, 9.17) is 4.52 Å². The van der Waals surface area contributed by atoms with Gasteiger partial charge >= 0.3 is 0 Å². The molecule has 0 bridgehead atoms. The summed E-state index contributed by atoms with van der Waals surface area (Å²) in [6.45, 7) is 3.87. The molecule has 2 heterocycles. The van der Waals surface area contributed by atoms with Crippen LogP contribution in [0.4, 0.5) is 0 Å². The van der Waals surface area contributed by atoms with Gasteiger partial charge in [-0.2, -0.15) is 4.98 Å². The van der Waals surface area contributed by atoms with Gasteiger partial charge in [-0.1, -0.05) is 35.5 Å². The predicted molar refractivity (Wildman–Crippen MR) is 123 cm³/mol. The smallest absolute Gasteiger partial charge is 0.292 e. The van der Waals surface area contributed by atoms with Crippen LogP contribution in [0.15, 0.2) is 64.0 Å². The zero-order valence-electron chi connectivity index (χ0n) is 17.8. The molecular formula is C24H28N4O2S.